The van der Waals surface area contributed by atoms with E-state index >= 15 is 0 Å². The number of ether oxygens (including phenoxy) is 1. The first-order valence-electron chi connectivity index (χ1n) is 12.8. The Labute approximate surface area is 186 Å². The van der Waals surface area contributed by atoms with Gasteiger partial charge < -0.3 is 4.74 Å². The van der Waals surface area contributed by atoms with Crippen molar-refractivity contribution in [3.63, 3.8) is 0 Å². The molecule has 0 N–H and O–H groups in total. The largest absolute Gasteiger partial charge is 0.375 e. The molecule has 2 atom stereocenters. The van der Waals surface area contributed by atoms with Crippen molar-refractivity contribution in [1.82, 2.24) is 0 Å². The van der Waals surface area contributed by atoms with Crippen molar-refractivity contribution in [2.45, 2.75) is 109 Å². The van der Waals surface area contributed by atoms with E-state index in [9.17, 15) is 13.2 Å². The number of benzene rings is 1. The molecule has 0 bridgehead atoms. The minimum absolute atomic E-state index is 0.519. The van der Waals surface area contributed by atoms with Crippen LogP contribution in [0.3, 0.4) is 0 Å². The van der Waals surface area contributed by atoms with Gasteiger partial charge in [-0.1, -0.05) is 26.2 Å². The summed E-state index contributed by atoms with van der Waals surface area (Å²) in [4.78, 5) is 0. The summed E-state index contributed by atoms with van der Waals surface area (Å²) in [7, 11) is 0. The van der Waals surface area contributed by atoms with Gasteiger partial charge in [0.2, 0.25) is 0 Å². The molecule has 1 nitrogen and oxygen atoms in total. The Balaban J connectivity index is 1.16. The monoisotopic (exact) mass is 436 g/mol. The van der Waals surface area contributed by atoms with Crippen molar-refractivity contribution >= 4 is 0 Å². The predicted octanol–water partition coefficient (Wildman–Crippen LogP) is 8.00. The molecule has 174 valence electrons. The fourth-order valence-corrected chi connectivity index (χ4v) is 6.67. The summed E-state index contributed by atoms with van der Waals surface area (Å²) in [5, 5.41) is 0. The van der Waals surface area contributed by atoms with Gasteiger partial charge in [-0.2, -0.15) is 0 Å². The second kappa shape index (κ2) is 10.7. The van der Waals surface area contributed by atoms with E-state index in [0.717, 1.165) is 36.3 Å². The third kappa shape index (κ3) is 5.86. The SMILES string of the molecule is CCCC1CCC(C2CCC(C3CCC(CCc4cc(F)c(F)c(F)c4)CC3)CC2)O1. The third-order valence-electron chi connectivity index (χ3n) is 8.54. The maximum absolute atomic E-state index is 13.4. The van der Waals surface area contributed by atoms with E-state index in [2.05, 4.69) is 6.92 Å². The van der Waals surface area contributed by atoms with Crippen molar-refractivity contribution in [2.24, 2.45) is 23.7 Å². The lowest BCUT2D eigenvalue weighted by Gasteiger charge is -2.39. The number of hydrogen-bond acceptors (Lipinski definition) is 1. The molecule has 0 radical (unpaired) electrons. The third-order valence-corrected chi connectivity index (χ3v) is 8.54. The lowest BCUT2D eigenvalue weighted by Crippen LogP contribution is -2.30. The molecule has 2 aliphatic carbocycles. The summed E-state index contributed by atoms with van der Waals surface area (Å²) in [6.45, 7) is 2.25. The van der Waals surface area contributed by atoms with Gasteiger partial charge in [-0.15, -0.1) is 0 Å². The Kier molecular flexibility index (Phi) is 8.01. The van der Waals surface area contributed by atoms with Gasteiger partial charge in [0.1, 0.15) is 0 Å². The van der Waals surface area contributed by atoms with Crippen molar-refractivity contribution in [2.75, 3.05) is 0 Å². The molecule has 3 fully saturated rings. The van der Waals surface area contributed by atoms with Crippen LogP contribution in [0, 0.1) is 41.1 Å². The fraction of sp³-hybridized carbons (Fsp3) is 0.778. The van der Waals surface area contributed by atoms with Gasteiger partial charge in [0.05, 0.1) is 12.2 Å². The first-order valence-corrected chi connectivity index (χ1v) is 12.8. The molecule has 2 saturated carbocycles. The molecule has 4 heteroatoms. The first kappa shape index (κ1) is 23.1. The van der Waals surface area contributed by atoms with Crippen LogP contribution in [0.15, 0.2) is 12.1 Å². The minimum atomic E-state index is -1.36. The molecule has 0 aromatic heterocycles. The van der Waals surface area contributed by atoms with E-state index in [4.69, 9.17) is 4.74 Å². The van der Waals surface area contributed by atoms with Gasteiger partial charge in [-0.25, -0.2) is 13.2 Å². The highest BCUT2D eigenvalue weighted by atomic mass is 19.2. The van der Waals surface area contributed by atoms with E-state index in [1.807, 2.05) is 0 Å². The molecule has 1 aromatic rings. The van der Waals surface area contributed by atoms with E-state index in [1.54, 1.807) is 0 Å². The van der Waals surface area contributed by atoms with Crippen molar-refractivity contribution in [3.05, 3.63) is 35.1 Å². The molecule has 0 amide bonds. The Bertz CT molecular complexity index is 681. The molecule has 3 aliphatic rings. The van der Waals surface area contributed by atoms with Gasteiger partial charge in [0.15, 0.2) is 17.5 Å². The highest BCUT2D eigenvalue weighted by Crippen LogP contribution is 2.44. The van der Waals surface area contributed by atoms with E-state index < -0.39 is 17.5 Å². The molecule has 4 rings (SSSR count). The van der Waals surface area contributed by atoms with Crippen LogP contribution >= 0.6 is 0 Å². The van der Waals surface area contributed by atoms with Crippen LogP contribution in [0.1, 0.15) is 96.0 Å². The molecule has 31 heavy (non-hydrogen) atoms. The predicted molar refractivity (Wildman–Crippen MR) is 118 cm³/mol. The minimum Gasteiger partial charge on any atom is -0.375 e. The summed E-state index contributed by atoms with van der Waals surface area (Å²) < 4.78 is 46.3. The smallest absolute Gasteiger partial charge is 0.194 e. The Hall–Kier alpha value is -1.03. The maximum Gasteiger partial charge on any atom is 0.194 e. The average molecular weight is 437 g/mol. The van der Waals surface area contributed by atoms with Crippen molar-refractivity contribution in [1.29, 1.82) is 0 Å². The zero-order chi connectivity index (χ0) is 21.8. The Morgan fingerprint density at radius 2 is 1.32 bits per heavy atom. The van der Waals surface area contributed by atoms with Gasteiger partial charge in [0, 0.05) is 0 Å². The summed E-state index contributed by atoms with van der Waals surface area (Å²) in [6, 6.07) is 2.31. The number of rotatable bonds is 7. The molecule has 0 spiro atoms. The van der Waals surface area contributed by atoms with Crippen molar-refractivity contribution < 1.29 is 17.9 Å². The molecular weight excluding hydrogens is 397 g/mol. The fourth-order valence-electron chi connectivity index (χ4n) is 6.67. The summed E-state index contributed by atoms with van der Waals surface area (Å²) in [5.74, 6) is -0.353. The second-order valence-corrected chi connectivity index (χ2v) is 10.5. The first-order chi connectivity index (χ1) is 15.0. The average Bonchev–Trinajstić information content (AvgIpc) is 3.25. The molecule has 1 saturated heterocycles. The van der Waals surface area contributed by atoms with Crippen LogP contribution in [-0.4, -0.2) is 12.2 Å². The summed E-state index contributed by atoms with van der Waals surface area (Å²) in [5.41, 5.74) is 0.576. The standard InChI is InChI=1S/C27H39F3O/c1-2-3-23-14-15-26(31-23)22-12-10-21(11-13-22)20-8-6-18(7-9-20)4-5-19-16-24(28)27(30)25(29)17-19/h16-18,20-23,26H,2-15H2,1H3. The molecule has 1 heterocycles. The molecule has 1 aliphatic heterocycles. The van der Waals surface area contributed by atoms with E-state index in [1.165, 1.54) is 77.0 Å². The Morgan fingerprint density at radius 3 is 1.94 bits per heavy atom. The van der Waals surface area contributed by atoms with Gasteiger partial charge in [-0.3, -0.25) is 0 Å². The lowest BCUT2D eigenvalue weighted by atomic mass is 9.68. The summed E-state index contributed by atoms with van der Waals surface area (Å²) >= 11 is 0. The zero-order valence-corrected chi connectivity index (χ0v) is 19.1. The number of hydrogen-bond donors (Lipinski definition) is 0. The lowest BCUT2D eigenvalue weighted by molar-refractivity contribution is -0.0114. The quantitative estimate of drug-likeness (QED) is 0.394. The number of aryl methyl sites for hydroxylation is 1. The topological polar surface area (TPSA) is 9.23 Å². The molecule has 1 aromatic carbocycles. The van der Waals surface area contributed by atoms with Crippen LogP contribution in [0.4, 0.5) is 13.2 Å². The second-order valence-electron chi connectivity index (χ2n) is 10.5. The number of halogens is 3. The van der Waals surface area contributed by atoms with Crippen LogP contribution in [0.5, 0.6) is 0 Å². The van der Waals surface area contributed by atoms with Gasteiger partial charge in [0.25, 0.3) is 0 Å². The molecule has 2 unspecified atom stereocenters. The van der Waals surface area contributed by atoms with E-state index in [-0.39, 0.29) is 0 Å². The molecular formula is C27H39F3O. The highest BCUT2D eigenvalue weighted by Gasteiger charge is 2.36. The van der Waals surface area contributed by atoms with Crippen LogP contribution < -0.4 is 0 Å². The van der Waals surface area contributed by atoms with Gasteiger partial charge in [-0.05, 0) is 112 Å². The highest BCUT2D eigenvalue weighted by molar-refractivity contribution is 5.19. The normalized spacial score (nSPS) is 34.2. The van der Waals surface area contributed by atoms with Crippen LogP contribution in [-0.2, 0) is 11.2 Å². The van der Waals surface area contributed by atoms with Crippen molar-refractivity contribution in [3.8, 4) is 0 Å². The zero-order valence-electron chi connectivity index (χ0n) is 19.1. The Morgan fingerprint density at radius 1 is 0.742 bits per heavy atom. The van der Waals surface area contributed by atoms with Crippen LogP contribution in [0.2, 0.25) is 0 Å². The maximum atomic E-state index is 13.4. The summed E-state index contributed by atoms with van der Waals surface area (Å²) in [6.07, 6.45) is 18.1. The van der Waals surface area contributed by atoms with Gasteiger partial charge >= 0.3 is 0 Å². The van der Waals surface area contributed by atoms with E-state index in [0.29, 0.717) is 30.1 Å². The van der Waals surface area contributed by atoms with Crippen LogP contribution in [0.25, 0.3) is 0 Å².